The number of carbonyl (C=O) groups is 1. The monoisotopic (exact) mass is 538 g/mol. The summed E-state index contributed by atoms with van der Waals surface area (Å²) in [6, 6.07) is 33.5. The molecule has 0 fully saturated rings. The van der Waals surface area contributed by atoms with Gasteiger partial charge in [0.1, 0.15) is 11.4 Å². The van der Waals surface area contributed by atoms with E-state index in [1.165, 1.54) is 0 Å². The fourth-order valence-corrected chi connectivity index (χ4v) is 5.40. The number of aromatic nitrogens is 4. The van der Waals surface area contributed by atoms with E-state index in [4.69, 9.17) is 4.98 Å². The average Bonchev–Trinajstić information content (AvgIpc) is 3.65. The van der Waals surface area contributed by atoms with Crippen molar-refractivity contribution in [3.63, 3.8) is 0 Å². The Hall–Kier alpha value is -5.50. The van der Waals surface area contributed by atoms with Crippen LogP contribution in [0.1, 0.15) is 28.5 Å². The molecule has 0 radical (unpaired) electrons. The molecule has 0 saturated heterocycles. The number of nitrogens with one attached hydrogen (secondary N) is 1. The maximum absolute atomic E-state index is 14.0. The van der Waals surface area contributed by atoms with Crippen LogP contribution in [0.3, 0.4) is 0 Å². The van der Waals surface area contributed by atoms with E-state index >= 15 is 0 Å². The van der Waals surface area contributed by atoms with Crippen molar-refractivity contribution in [2.24, 2.45) is 10.2 Å². The standard InChI is InChI=1S/C33H26N6O2/c1-2-21-17-18-25-24(19-21)29(31(40)34-25)36-37-32(41)30-28(23-13-7-4-8-14-23)35-33-38(20-22-11-5-3-6-12-22)26-15-9-10-16-27(26)39(30)33/h3-19,34,40H,2,20H2,1H3. The Balaban J connectivity index is 1.43. The van der Waals surface area contributed by atoms with Gasteiger partial charge in [-0.15, -0.1) is 10.2 Å². The zero-order valence-electron chi connectivity index (χ0n) is 22.3. The topological polar surface area (TPSA) is 100 Å². The van der Waals surface area contributed by atoms with E-state index in [0.717, 1.165) is 39.7 Å². The van der Waals surface area contributed by atoms with Gasteiger partial charge in [0, 0.05) is 10.9 Å². The van der Waals surface area contributed by atoms with Crippen LogP contribution < -0.4 is 0 Å². The highest BCUT2D eigenvalue weighted by atomic mass is 16.3. The molecule has 0 saturated carbocycles. The molecule has 41 heavy (non-hydrogen) atoms. The number of aryl methyl sites for hydroxylation is 1. The van der Waals surface area contributed by atoms with Crippen molar-refractivity contribution in [1.29, 1.82) is 0 Å². The predicted molar refractivity (Wildman–Crippen MR) is 160 cm³/mol. The number of fused-ring (bicyclic) bond motifs is 4. The van der Waals surface area contributed by atoms with Gasteiger partial charge in [0.2, 0.25) is 11.7 Å². The molecule has 4 aromatic carbocycles. The van der Waals surface area contributed by atoms with Crippen molar-refractivity contribution in [2.45, 2.75) is 19.9 Å². The zero-order valence-corrected chi connectivity index (χ0v) is 22.3. The summed E-state index contributed by atoms with van der Waals surface area (Å²) in [6.45, 7) is 2.64. The molecule has 0 aliphatic carbocycles. The number of azo groups is 1. The number of aromatic hydroxyl groups is 1. The minimum Gasteiger partial charge on any atom is -0.493 e. The fraction of sp³-hybridized carbons (Fsp3) is 0.0909. The molecule has 0 atom stereocenters. The van der Waals surface area contributed by atoms with E-state index in [1.807, 2.05) is 95.4 Å². The Kier molecular flexibility index (Phi) is 5.93. The molecule has 0 aliphatic rings. The number of rotatable bonds is 6. The minimum absolute atomic E-state index is 0.133. The third kappa shape index (κ3) is 4.17. The number of hydrogen-bond donors (Lipinski definition) is 2. The number of nitrogens with zero attached hydrogens (tertiary/aromatic N) is 5. The summed E-state index contributed by atoms with van der Waals surface area (Å²) in [5, 5.41) is 19.7. The van der Waals surface area contributed by atoms with Gasteiger partial charge >= 0.3 is 5.91 Å². The highest BCUT2D eigenvalue weighted by Gasteiger charge is 2.26. The smallest absolute Gasteiger partial charge is 0.314 e. The van der Waals surface area contributed by atoms with Crippen molar-refractivity contribution in [3.8, 4) is 17.1 Å². The second-order valence-electron chi connectivity index (χ2n) is 9.93. The van der Waals surface area contributed by atoms with Gasteiger partial charge in [0.15, 0.2) is 5.69 Å². The van der Waals surface area contributed by atoms with Gasteiger partial charge in [0.25, 0.3) is 0 Å². The van der Waals surface area contributed by atoms with Crippen LogP contribution in [-0.2, 0) is 13.0 Å². The Morgan fingerprint density at radius 1 is 0.878 bits per heavy atom. The molecule has 1 amide bonds. The average molecular weight is 539 g/mol. The SMILES string of the molecule is CCc1ccc2[nH]c(O)c(N=NC(=O)c3c(-c4ccccc4)nc4n(Cc5ccccc5)c5ccccc5n34)c2c1. The summed E-state index contributed by atoms with van der Waals surface area (Å²) in [6.07, 6.45) is 0.832. The highest BCUT2D eigenvalue weighted by molar-refractivity contribution is 6.03. The summed E-state index contributed by atoms with van der Waals surface area (Å²) in [5.74, 6) is -0.0553. The van der Waals surface area contributed by atoms with Crippen molar-refractivity contribution in [2.75, 3.05) is 0 Å². The molecule has 3 heterocycles. The number of amides is 1. The molecular weight excluding hydrogens is 512 g/mol. The van der Waals surface area contributed by atoms with Crippen LogP contribution in [0.4, 0.5) is 5.69 Å². The van der Waals surface area contributed by atoms with Crippen molar-refractivity contribution in [1.82, 2.24) is 18.9 Å². The van der Waals surface area contributed by atoms with E-state index in [-0.39, 0.29) is 11.6 Å². The Bertz CT molecular complexity index is 2080. The first-order chi connectivity index (χ1) is 20.1. The second-order valence-corrected chi connectivity index (χ2v) is 9.93. The summed E-state index contributed by atoms with van der Waals surface area (Å²) >= 11 is 0. The molecule has 8 nitrogen and oxygen atoms in total. The van der Waals surface area contributed by atoms with E-state index in [9.17, 15) is 9.90 Å². The van der Waals surface area contributed by atoms with Gasteiger partial charge in [-0.05, 0) is 41.8 Å². The van der Waals surface area contributed by atoms with Crippen LogP contribution in [-0.4, -0.2) is 29.9 Å². The fourth-order valence-electron chi connectivity index (χ4n) is 5.40. The number of H-pyrrole nitrogens is 1. The first-order valence-corrected chi connectivity index (χ1v) is 13.5. The maximum atomic E-state index is 14.0. The van der Waals surface area contributed by atoms with Crippen molar-refractivity contribution in [3.05, 3.63) is 120 Å². The molecule has 2 N–H and O–H groups in total. The van der Waals surface area contributed by atoms with Gasteiger partial charge in [-0.3, -0.25) is 9.20 Å². The third-order valence-corrected chi connectivity index (χ3v) is 7.41. The van der Waals surface area contributed by atoms with E-state index in [0.29, 0.717) is 29.1 Å². The number of hydrogen-bond acceptors (Lipinski definition) is 4. The molecule has 200 valence electrons. The summed E-state index contributed by atoms with van der Waals surface area (Å²) in [5.41, 5.74) is 6.59. The van der Waals surface area contributed by atoms with E-state index in [2.05, 4.69) is 38.8 Å². The van der Waals surface area contributed by atoms with Crippen LogP contribution in [0.5, 0.6) is 5.88 Å². The summed E-state index contributed by atoms with van der Waals surface area (Å²) in [7, 11) is 0. The minimum atomic E-state index is -0.556. The zero-order chi connectivity index (χ0) is 27.9. The van der Waals surface area contributed by atoms with E-state index in [1.54, 1.807) is 0 Å². The number of para-hydroxylation sites is 2. The molecule has 0 spiro atoms. The molecule has 7 rings (SSSR count). The van der Waals surface area contributed by atoms with Crippen LogP contribution in [0.25, 0.3) is 39.0 Å². The largest absolute Gasteiger partial charge is 0.493 e. The second kappa shape index (κ2) is 9.91. The number of imidazole rings is 2. The van der Waals surface area contributed by atoms with Gasteiger partial charge in [-0.2, -0.15) is 0 Å². The van der Waals surface area contributed by atoms with Gasteiger partial charge in [-0.1, -0.05) is 85.8 Å². The Labute approximate surface area is 235 Å². The molecule has 3 aromatic heterocycles. The molecule has 0 unspecified atom stereocenters. The van der Waals surface area contributed by atoms with Gasteiger partial charge in [-0.25, -0.2) is 4.98 Å². The first-order valence-electron chi connectivity index (χ1n) is 13.5. The van der Waals surface area contributed by atoms with Gasteiger partial charge in [0.05, 0.1) is 23.1 Å². The quantitative estimate of drug-likeness (QED) is 0.212. The lowest BCUT2D eigenvalue weighted by Crippen LogP contribution is -2.02. The van der Waals surface area contributed by atoms with Crippen molar-refractivity contribution < 1.29 is 9.90 Å². The molecule has 0 bridgehead atoms. The van der Waals surface area contributed by atoms with Crippen molar-refractivity contribution >= 4 is 39.3 Å². The van der Waals surface area contributed by atoms with Crippen LogP contribution in [0.15, 0.2) is 113 Å². The Morgan fingerprint density at radius 3 is 2.34 bits per heavy atom. The molecule has 7 aromatic rings. The third-order valence-electron chi connectivity index (χ3n) is 7.41. The number of aromatic amines is 1. The van der Waals surface area contributed by atoms with Crippen LogP contribution >= 0.6 is 0 Å². The molecule has 8 heteroatoms. The lowest BCUT2D eigenvalue weighted by Gasteiger charge is -2.05. The maximum Gasteiger partial charge on any atom is 0.314 e. The first kappa shape index (κ1) is 24.5. The van der Waals surface area contributed by atoms with Crippen LogP contribution in [0, 0.1) is 0 Å². The number of benzene rings is 4. The van der Waals surface area contributed by atoms with E-state index < -0.39 is 5.91 Å². The summed E-state index contributed by atoms with van der Waals surface area (Å²) < 4.78 is 3.98. The highest BCUT2D eigenvalue weighted by Crippen LogP contribution is 2.37. The van der Waals surface area contributed by atoms with Gasteiger partial charge < -0.3 is 14.7 Å². The number of carbonyl (C=O) groups excluding carboxylic acids is 1. The summed E-state index contributed by atoms with van der Waals surface area (Å²) in [4.78, 5) is 21.9. The normalized spacial score (nSPS) is 11.8. The molecule has 0 aliphatic heterocycles. The predicted octanol–water partition coefficient (Wildman–Crippen LogP) is 7.68. The lowest BCUT2D eigenvalue weighted by molar-refractivity contribution is 0.0990. The van der Waals surface area contributed by atoms with Crippen LogP contribution in [0.2, 0.25) is 0 Å². The lowest BCUT2D eigenvalue weighted by atomic mass is 10.1. The Morgan fingerprint density at radius 2 is 1.59 bits per heavy atom. The molecular formula is C33H26N6O2.